The Morgan fingerprint density at radius 1 is 1.38 bits per heavy atom. The number of hydrogen-bond donors (Lipinski definition) is 2. The maximum absolute atomic E-state index is 11.8. The van der Waals surface area contributed by atoms with Crippen molar-refractivity contribution in [2.24, 2.45) is 0 Å². The second-order valence-electron chi connectivity index (χ2n) is 3.97. The zero-order chi connectivity index (χ0) is 12.4. The molecule has 0 aromatic rings. The molecule has 1 unspecified atom stereocenters. The van der Waals surface area contributed by atoms with Crippen LogP contribution in [0.25, 0.3) is 0 Å². The number of nitrogens with one attached hydrogen (secondary N) is 2. The van der Waals surface area contributed by atoms with E-state index in [0.717, 1.165) is 25.7 Å². The maximum Gasteiger partial charge on any atom is 0.237 e. The van der Waals surface area contributed by atoms with Gasteiger partial charge in [0.25, 0.3) is 0 Å². The first-order valence-corrected chi connectivity index (χ1v) is 5.65. The molecule has 1 amide bonds. The lowest BCUT2D eigenvalue weighted by molar-refractivity contribution is -0.125. The number of carbonyl (C=O) groups is 2. The van der Waals surface area contributed by atoms with Gasteiger partial charge in [0.05, 0.1) is 6.04 Å². The van der Waals surface area contributed by atoms with Crippen molar-refractivity contribution in [2.75, 3.05) is 34.2 Å². The molecule has 0 spiro atoms. The fourth-order valence-electron chi connectivity index (χ4n) is 1.47. The Kier molecular flexibility index (Phi) is 8.75. The molecule has 16 heavy (non-hydrogen) atoms. The molecular formula is C11H23N3O2. The molecule has 0 aliphatic heterocycles. The monoisotopic (exact) mass is 229 g/mol. The van der Waals surface area contributed by atoms with Crippen LogP contribution in [0.3, 0.4) is 0 Å². The predicted molar refractivity (Wildman–Crippen MR) is 64.3 cm³/mol. The van der Waals surface area contributed by atoms with Gasteiger partial charge in [0.1, 0.15) is 6.29 Å². The van der Waals surface area contributed by atoms with Gasteiger partial charge in [0.15, 0.2) is 0 Å². The molecule has 0 bridgehead atoms. The van der Waals surface area contributed by atoms with Gasteiger partial charge in [-0.2, -0.15) is 0 Å². The molecule has 0 saturated heterocycles. The summed E-state index contributed by atoms with van der Waals surface area (Å²) in [7, 11) is 5.68. The highest BCUT2D eigenvalue weighted by Crippen LogP contribution is 2.03. The van der Waals surface area contributed by atoms with Crippen molar-refractivity contribution < 1.29 is 9.59 Å². The minimum absolute atomic E-state index is 0.00273. The van der Waals surface area contributed by atoms with Crippen molar-refractivity contribution in [3.8, 4) is 0 Å². The molecule has 0 fully saturated rings. The Hall–Kier alpha value is -0.940. The molecule has 0 saturated carbocycles. The molecule has 5 heteroatoms. The van der Waals surface area contributed by atoms with Gasteiger partial charge < -0.3 is 15.4 Å². The first kappa shape index (κ1) is 15.1. The maximum atomic E-state index is 11.8. The van der Waals surface area contributed by atoms with Crippen molar-refractivity contribution in [3.05, 3.63) is 0 Å². The van der Waals surface area contributed by atoms with E-state index >= 15 is 0 Å². The van der Waals surface area contributed by atoms with E-state index in [4.69, 9.17) is 0 Å². The van der Waals surface area contributed by atoms with Gasteiger partial charge >= 0.3 is 0 Å². The number of carbonyl (C=O) groups excluding carboxylic acids is 2. The second kappa shape index (κ2) is 9.30. The standard InChI is InChI=1S/C11H23N3O2/c1-12-7-4-6-10(14(2)3)11(16)13-8-5-9-15/h9-10,12H,4-8H2,1-3H3,(H,13,16). The van der Waals surface area contributed by atoms with Gasteiger partial charge in [-0.15, -0.1) is 0 Å². The summed E-state index contributed by atoms with van der Waals surface area (Å²) in [6, 6.07) is -0.111. The summed E-state index contributed by atoms with van der Waals surface area (Å²) in [4.78, 5) is 23.8. The van der Waals surface area contributed by atoms with Gasteiger partial charge in [-0.1, -0.05) is 0 Å². The second-order valence-corrected chi connectivity index (χ2v) is 3.97. The lowest BCUT2D eigenvalue weighted by Crippen LogP contribution is -2.44. The molecular weight excluding hydrogens is 206 g/mol. The number of rotatable bonds is 9. The van der Waals surface area contributed by atoms with E-state index in [1.165, 1.54) is 0 Å². The molecule has 5 nitrogen and oxygen atoms in total. The first-order chi connectivity index (χ1) is 7.63. The molecule has 0 radical (unpaired) electrons. The van der Waals surface area contributed by atoms with E-state index in [9.17, 15) is 9.59 Å². The van der Waals surface area contributed by atoms with Crippen molar-refractivity contribution in [1.82, 2.24) is 15.5 Å². The fraction of sp³-hybridized carbons (Fsp3) is 0.818. The highest BCUT2D eigenvalue weighted by Gasteiger charge is 2.19. The summed E-state index contributed by atoms with van der Waals surface area (Å²) in [6.07, 6.45) is 2.97. The summed E-state index contributed by atoms with van der Waals surface area (Å²) >= 11 is 0. The lowest BCUT2D eigenvalue weighted by Gasteiger charge is -2.23. The van der Waals surface area contributed by atoms with Crippen LogP contribution in [-0.2, 0) is 9.59 Å². The van der Waals surface area contributed by atoms with Gasteiger partial charge in [0.2, 0.25) is 5.91 Å². The van der Waals surface area contributed by atoms with Crippen LogP contribution in [0.4, 0.5) is 0 Å². The third-order valence-corrected chi connectivity index (χ3v) is 2.39. The molecule has 0 aliphatic rings. The van der Waals surface area contributed by atoms with E-state index in [0.29, 0.717) is 13.0 Å². The molecule has 0 aromatic carbocycles. The van der Waals surface area contributed by atoms with E-state index in [2.05, 4.69) is 10.6 Å². The number of likely N-dealkylation sites (N-methyl/N-ethyl adjacent to an activating group) is 1. The van der Waals surface area contributed by atoms with E-state index in [-0.39, 0.29) is 11.9 Å². The Balaban J connectivity index is 3.98. The quantitative estimate of drug-likeness (QED) is 0.418. The Morgan fingerprint density at radius 2 is 2.06 bits per heavy atom. The molecule has 0 aromatic heterocycles. The molecule has 94 valence electrons. The number of amides is 1. The van der Waals surface area contributed by atoms with Crippen molar-refractivity contribution in [1.29, 1.82) is 0 Å². The van der Waals surface area contributed by atoms with E-state index < -0.39 is 0 Å². The summed E-state index contributed by atoms with van der Waals surface area (Å²) in [5.41, 5.74) is 0. The van der Waals surface area contributed by atoms with Gasteiger partial charge in [-0.25, -0.2) is 0 Å². The fourth-order valence-corrected chi connectivity index (χ4v) is 1.47. The average Bonchev–Trinajstić information content (AvgIpc) is 2.24. The number of nitrogens with zero attached hydrogens (tertiary/aromatic N) is 1. The predicted octanol–water partition coefficient (Wildman–Crippen LogP) is -0.379. The number of aldehydes is 1. The minimum atomic E-state index is -0.111. The molecule has 2 N–H and O–H groups in total. The summed E-state index contributed by atoms with van der Waals surface area (Å²) in [6.45, 7) is 1.34. The Labute approximate surface area is 97.6 Å². The molecule has 0 heterocycles. The van der Waals surface area contributed by atoms with Crippen LogP contribution < -0.4 is 10.6 Å². The lowest BCUT2D eigenvalue weighted by atomic mass is 10.1. The molecule has 1 atom stereocenters. The average molecular weight is 229 g/mol. The molecule has 0 aliphatic carbocycles. The van der Waals surface area contributed by atoms with Crippen LogP contribution >= 0.6 is 0 Å². The van der Waals surface area contributed by atoms with Crippen molar-refractivity contribution in [3.63, 3.8) is 0 Å². The minimum Gasteiger partial charge on any atom is -0.354 e. The molecule has 0 rings (SSSR count). The van der Waals surface area contributed by atoms with Gasteiger partial charge in [-0.3, -0.25) is 9.69 Å². The van der Waals surface area contributed by atoms with Crippen LogP contribution in [0.1, 0.15) is 19.3 Å². The van der Waals surface area contributed by atoms with Crippen LogP contribution in [0.15, 0.2) is 0 Å². The highest BCUT2D eigenvalue weighted by molar-refractivity contribution is 5.81. The topological polar surface area (TPSA) is 61.4 Å². The normalized spacial score (nSPS) is 12.5. The summed E-state index contributed by atoms with van der Waals surface area (Å²) in [5.74, 6) is 0.00273. The third-order valence-electron chi connectivity index (χ3n) is 2.39. The highest BCUT2D eigenvalue weighted by atomic mass is 16.2. The van der Waals surface area contributed by atoms with Crippen LogP contribution in [0.2, 0.25) is 0 Å². The van der Waals surface area contributed by atoms with Crippen molar-refractivity contribution in [2.45, 2.75) is 25.3 Å². The SMILES string of the molecule is CNCCCC(C(=O)NCCC=O)N(C)C. The summed E-state index contributed by atoms with van der Waals surface area (Å²) in [5, 5.41) is 5.82. The zero-order valence-electron chi connectivity index (χ0n) is 10.5. The smallest absolute Gasteiger partial charge is 0.237 e. The number of hydrogen-bond acceptors (Lipinski definition) is 4. The van der Waals surface area contributed by atoms with Crippen LogP contribution in [-0.4, -0.2) is 57.4 Å². The van der Waals surface area contributed by atoms with Crippen LogP contribution in [0, 0.1) is 0 Å². The Morgan fingerprint density at radius 3 is 2.56 bits per heavy atom. The largest absolute Gasteiger partial charge is 0.354 e. The Bertz CT molecular complexity index is 207. The van der Waals surface area contributed by atoms with Gasteiger partial charge in [0, 0.05) is 13.0 Å². The van der Waals surface area contributed by atoms with Crippen LogP contribution in [0.5, 0.6) is 0 Å². The van der Waals surface area contributed by atoms with Gasteiger partial charge in [-0.05, 0) is 40.5 Å². The third kappa shape index (κ3) is 6.53. The van der Waals surface area contributed by atoms with Crippen molar-refractivity contribution >= 4 is 12.2 Å². The first-order valence-electron chi connectivity index (χ1n) is 5.65. The van der Waals surface area contributed by atoms with E-state index in [1.54, 1.807) is 0 Å². The zero-order valence-corrected chi connectivity index (χ0v) is 10.5. The summed E-state index contributed by atoms with van der Waals surface area (Å²) < 4.78 is 0. The van der Waals surface area contributed by atoms with E-state index in [1.807, 2.05) is 26.0 Å².